The molecule has 5 heteroatoms. The first-order valence-electron chi connectivity index (χ1n) is 9.03. The molecule has 0 aliphatic carbocycles. The standard InChI is InChI=1S/C18H34O4Si/c1-5-8-13-23(14-9-6-2,15-10-7-3)22-17(19)12-11-16(4)18(20)21/h4-15H2,1-3H3,(H,20,21). The Balaban J connectivity index is 4.81. The summed E-state index contributed by atoms with van der Waals surface area (Å²) in [6.07, 6.45) is 6.96. The van der Waals surface area contributed by atoms with Gasteiger partial charge in [0.05, 0.1) is 0 Å². The molecule has 23 heavy (non-hydrogen) atoms. The quantitative estimate of drug-likeness (QED) is 0.344. The zero-order chi connectivity index (χ0) is 17.7. The number of carboxylic acid groups (broad SMARTS) is 1. The van der Waals surface area contributed by atoms with Crippen LogP contribution in [0.5, 0.6) is 0 Å². The number of aliphatic carboxylic acids is 1. The lowest BCUT2D eigenvalue weighted by Gasteiger charge is -2.31. The molecule has 1 N–H and O–H groups in total. The van der Waals surface area contributed by atoms with Gasteiger partial charge in [-0.3, -0.25) is 4.79 Å². The topological polar surface area (TPSA) is 63.6 Å². The molecule has 0 rings (SSSR count). The number of carbonyl (C=O) groups excluding carboxylic acids is 1. The maximum Gasteiger partial charge on any atom is 0.330 e. The largest absolute Gasteiger partial charge is 0.519 e. The molecule has 0 aromatic heterocycles. The number of hydrogen-bond acceptors (Lipinski definition) is 3. The first kappa shape index (κ1) is 21.9. The molecule has 0 aromatic rings. The summed E-state index contributed by atoms with van der Waals surface area (Å²) in [5.74, 6) is -1.27. The maximum absolute atomic E-state index is 12.3. The average molecular weight is 343 g/mol. The van der Waals surface area contributed by atoms with Crippen LogP contribution in [0, 0.1) is 0 Å². The minimum absolute atomic E-state index is 0.0740. The van der Waals surface area contributed by atoms with Gasteiger partial charge in [0.2, 0.25) is 0 Å². The third-order valence-corrected chi connectivity index (χ3v) is 8.68. The molecule has 0 atom stereocenters. The van der Waals surface area contributed by atoms with Crippen molar-refractivity contribution >= 4 is 20.3 Å². The van der Waals surface area contributed by atoms with Crippen molar-refractivity contribution in [2.75, 3.05) is 0 Å². The Kier molecular flexibility index (Phi) is 11.7. The summed E-state index contributed by atoms with van der Waals surface area (Å²) in [4.78, 5) is 23.0. The Morgan fingerprint density at radius 1 is 0.913 bits per heavy atom. The maximum atomic E-state index is 12.3. The first-order chi connectivity index (χ1) is 10.9. The van der Waals surface area contributed by atoms with Crippen molar-refractivity contribution in [2.24, 2.45) is 0 Å². The van der Waals surface area contributed by atoms with E-state index in [0.29, 0.717) is 0 Å². The van der Waals surface area contributed by atoms with Crippen LogP contribution in [0.3, 0.4) is 0 Å². The van der Waals surface area contributed by atoms with Crippen LogP contribution in [-0.4, -0.2) is 25.4 Å². The molecular formula is C18H34O4Si. The van der Waals surface area contributed by atoms with Crippen molar-refractivity contribution in [3.05, 3.63) is 12.2 Å². The molecule has 0 aliphatic rings. The molecule has 0 spiro atoms. The predicted octanol–water partition coefficient (Wildman–Crippen LogP) is 5.30. The third-order valence-electron chi connectivity index (χ3n) is 4.22. The molecule has 134 valence electrons. The number of unbranched alkanes of at least 4 members (excludes halogenated alkanes) is 3. The fourth-order valence-corrected chi connectivity index (χ4v) is 7.31. The molecule has 0 aromatic carbocycles. The van der Waals surface area contributed by atoms with Crippen molar-refractivity contribution in [2.45, 2.75) is 90.3 Å². The zero-order valence-corrected chi connectivity index (χ0v) is 16.2. The van der Waals surface area contributed by atoms with Crippen molar-refractivity contribution in [1.29, 1.82) is 0 Å². The smallest absolute Gasteiger partial charge is 0.330 e. The van der Waals surface area contributed by atoms with Crippen molar-refractivity contribution < 1.29 is 19.1 Å². The van der Waals surface area contributed by atoms with E-state index in [2.05, 4.69) is 27.4 Å². The summed E-state index contributed by atoms with van der Waals surface area (Å²) in [7, 11) is -2.05. The van der Waals surface area contributed by atoms with Crippen LogP contribution in [-0.2, 0) is 14.0 Å². The summed E-state index contributed by atoms with van der Waals surface area (Å²) >= 11 is 0. The van der Waals surface area contributed by atoms with Gasteiger partial charge in [0, 0.05) is 12.0 Å². The monoisotopic (exact) mass is 342 g/mol. The Hall–Kier alpha value is -1.10. The SMILES string of the molecule is C=C(CCC(=O)O[Si](CCCC)(CCCC)CCCC)C(=O)O. The third kappa shape index (κ3) is 9.59. The Morgan fingerprint density at radius 3 is 1.70 bits per heavy atom. The lowest BCUT2D eigenvalue weighted by Crippen LogP contribution is -2.40. The van der Waals surface area contributed by atoms with E-state index in [4.69, 9.17) is 9.53 Å². The van der Waals surface area contributed by atoms with Gasteiger partial charge in [-0.2, -0.15) is 0 Å². The van der Waals surface area contributed by atoms with E-state index in [-0.39, 0.29) is 24.4 Å². The van der Waals surface area contributed by atoms with E-state index in [1.165, 1.54) is 0 Å². The molecule has 0 radical (unpaired) electrons. The van der Waals surface area contributed by atoms with E-state index in [0.717, 1.165) is 56.7 Å². The highest BCUT2D eigenvalue weighted by atomic mass is 28.4. The van der Waals surface area contributed by atoms with E-state index in [9.17, 15) is 9.59 Å². The molecule has 4 nitrogen and oxygen atoms in total. The molecule has 0 unspecified atom stereocenters. The van der Waals surface area contributed by atoms with Crippen molar-refractivity contribution in [3.8, 4) is 0 Å². The van der Waals surface area contributed by atoms with Gasteiger partial charge >= 0.3 is 5.97 Å². The van der Waals surface area contributed by atoms with Gasteiger partial charge in [0.25, 0.3) is 14.3 Å². The molecule has 0 amide bonds. The molecule has 0 saturated carbocycles. The Morgan fingerprint density at radius 2 is 1.35 bits per heavy atom. The second-order valence-corrected chi connectivity index (χ2v) is 10.4. The molecule has 0 fully saturated rings. The molecule has 0 aliphatic heterocycles. The fraction of sp³-hybridized carbons (Fsp3) is 0.778. The summed E-state index contributed by atoms with van der Waals surface area (Å²) in [6, 6.07) is 3.11. The van der Waals surface area contributed by atoms with Gasteiger partial charge in [-0.05, 0) is 24.6 Å². The Bertz CT molecular complexity index is 357. The van der Waals surface area contributed by atoms with Crippen LogP contribution in [0.2, 0.25) is 18.1 Å². The number of carbonyl (C=O) groups is 2. The highest BCUT2D eigenvalue weighted by Gasteiger charge is 2.36. The fourth-order valence-electron chi connectivity index (χ4n) is 2.68. The zero-order valence-electron chi connectivity index (χ0n) is 15.2. The summed E-state index contributed by atoms with van der Waals surface area (Å²) < 4.78 is 6.04. The molecule has 0 saturated heterocycles. The second kappa shape index (κ2) is 12.3. The predicted molar refractivity (Wildman–Crippen MR) is 97.0 cm³/mol. The van der Waals surface area contributed by atoms with Gasteiger partial charge in [0.15, 0.2) is 0 Å². The highest BCUT2D eigenvalue weighted by molar-refractivity contribution is 6.75. The Labute approximate surface area is 142 Å². The van der Waals surface area contributed by atoms with Gasteiger partial charge in [0.1, 0.15) is 0 Å². The van der Waals surface area contributed by atoms with Crippen LogP contribution in [0.15, 0.2) is 12.2 Å². The van der Waals surface area contributed by atoms with Gasteiger partial charge in [-0.15, -0.1) is 0 Å². The number of rotatable bonds is 14. The summed E-state index contributed by atoms with van der Waals surface area (Å²) in [5, 5.41) is 8.83. The van der Waals surface area contributed by atoms with Gasteiger partial charge < -0.3 is 9.53 Å². The van der Waals surface area contributed by atoms with Crippen LogP contribution in [0.4, 0.5) is 0 Å². The normalized spacial score (nSPS) is 11.3. The molecule has 0 heterocycles. The van der Waals surface area contributed by atoms with Crippen LogP contribution >= 0.6 is 0 Å². The van der Waals surface area contributed by atoms with Gasteiger partial charge in [-0.1, -0.05) is 65.9 Å². The van der Waals surface area contributed by atoms with E-state index in [1.807, 2.05) is 0 Å². The molecular weight excluding hydrogens is 308 g/mol. The van der Waals surface area contributed by atoms with Crippen molar-refractivity contribution in [1.82, 2.24) is 0 Å². The summed E-state index contributed by atoms with van der Waals surface area (Å²) in [5.41, 5.74) is 0.0740. The number of hydrogen-bond donors (Lipinski definition) is 1. The lowest BCUT2D eigenvalue weighted by atomic mass is 10.2. The lowest BCUT2D eigenvalue weighted by molar-refractivity contribution is -0.135. The number of carboxylic acids is 1. The summed E-state index contributed by atoms with van der Waals surface area (Å²) in [6.45, 7) is 9.97. The minimum Gasteiger partial charge on any atom is -0.519 e. The van der Waals surface area contributed by atoms with Crippen LogP contribution in [0.25, 0.3) is 0 Å². The van der Waals surface area contributed by atoms with E-state index < -0.39 is 14.3 Å². The van der Waals surface area contributed by atoms with E-state index in [1.54, 1.807) is 0 Å². The second-order valence-electron chi connectivity index (χ2n) is 6.38. The van der Waals surface area contributed by atoms with E-state index >= 15 is 0 Å². The van der Waals surface area contributed by atoms with Crippen molar-refractivity contribution in [3.63, 3.8) is 0 Å². The first-order valence-corrected chi connectivity index (χ1v) is 11.6. The van der Waals surface area contributed by atoms with Gasteiger partial charge in [-0.25, -0.2) is 4.79 Å². The molecule has 0 bridgehead atoms. The van der Waals surface area contributed by atoms with Crippen LogP contribution in [0.1, 0.15) is 72.1 Å². The average Bonchev–Trinajstić information content (AvgIpc) is 2.53. The minimum atomic E-state index is -2.05. The van der Waals surface area contributed by atoms with Crippen LogP contribution < -0.4 is 0 Å². The highest BCUT2D eigenvalue weighted by Crippen LogP contribution is 2.30.